The van der Waals surface area contributed by atoms with Crippen LogP contribution < -0.4 is 0 Å². The maximum atomic E-state index is 12.2. The fourth-order valence-electron chi connectivity index (χ4n) is 5.05. The van der Waals surface area contributed by atoms with Crippen LogP contribution in [-0.2, 0) is 19.1 Å². The van der Waals surface area contributed by atoms with Crippen molar-refractivity contribution in [3.63, 3.8) is 0 Å². The van der Waals surface area contributed by atoms with E-state index in [1.54, 1.807) is 0 Å². The Morgan fingerprint density at radius 2 is 0.690 bits per heavy atom. The monoisotopic (exact) mass is 591 g/mol. The molecule has 0 aromatic carbocycles. The average molecular weight is 591 g/mol. The molecule has 246 valence electrons. The lowest BCUT2D eigenvalue weighted by atomic mass is 10.1. The highest BCUT2D eigenvalue weighted by Crippen LogP contribution is 2.14. The second-order valence-corrected chi connectivity index (χ2v) is 12.4. The minimum atomic E-state index is -0.411. The molecule has 0 aliphatic rings. The van der Waals surface area contributed by atoms with Crippen molar-refractivity contribution < 1.29 is 19.1 Å². The third kappa shape index (κ3) is 29.9. The van der Waals surface area contributed by atoms with Crippen LogP contribution in [0.2, 0.25) is 0 Å². The minimum absolute atomic E-state index is 0.182. The number of carbonyl (C=O) groups is 2. The van der Waals surface area contributed by atoms with Crippen molar-refractivity contribution >= 4 is 11.9 Å². The third-order valence-corrected chi connectivity index (χ3v) is 8.08. The summed E-state index contributed by atoms with van der Waals surface area (Å²) in [6, 6.07) is 0. The zero-order valence-corrected chi connectivity index (χ0v) is 28.5. The lowest BCUT2D eigenvalue weighted by Crippen LogP contribution is -2.30. The highest BCUT2D eigenvalue weighted by molar-refractivity contribution is 5.70. The molecule has 4 heteroatoms. The molecule has 0 N–H and O–H groups in total. The van der Waals surface area contributed by atoms with Crippen LogP contribution in [0.25, 0.3) is 0 Å². The quantitative estimate of drug-likeness (QED) is 0.0458. The summed E-state index contributed by atoms with van der Waals surface area (Å²) >= 11 is 0. The lowest BCUT2D eigenvalue weighted by Gasteiger charge is -2.21. The van der Waals surface area contributed by atoms with E-state index in [0.29, 0.717) is 12.8 Å². The van der Waals surface area contributed by atoms with E-state index in [9.17, 15) is 9.59 Å². The zero-order chi connectivity index (χ0) is 30.9. The Balaban J connectivity index is 3.60. The van der Waals surface area contributed by atoms with Crippen molar-refractivity contribution in [2.24, 2.45) is 0 Å². The first-order valence-corrected chi connectivity index (χ1v) is 18.2. The van der Waals surface area contributed by atoms with Gasteiger partial charge in [0.15, 0.2) is 0 Å². The van der Waals surface area contributed by atoms with Crippen molar-refractivity contribution in [3.05, 3.63) is 24.3 Å². The summed E-state index contributed by atoms with van der Waals surface area (Å²) in [4.78, 5) is 24.4. The molecule has 0 fully saturated rings. The highest BCUT2D eigenvalue weighted by Gasteiger charge is 2.20. The summed E-state index contributed by atoms with van der Waals surface area (Å²) in [7, 11) is 0. The molecule has 42 heavy (non-hydrogen) atoms. The van der Waals surface area contributed by atoms with Crippen LogP contribution in [0.1, 0.15) is 195 Å². The molecule has 0 rings (SSSR count). The largest absolute Gasteiger partial charge is 0.459 e. The number of unbranched alkanes of at least 4 members (excludes halogenated alkanes) is 20. The van der Waals surface area contributed by atoms with Gasteiger partial charge in [-0.3, -0.25) is 9.59 Å². The summed E-state index contributed by atoms with van der Waals surface area (Å²) in [5.41, 5.74) is 0. The molecule has 0 saturated heterocycles. The SMILES string of the molecule is CCCCCC/C=C/CCCCCCCCCC(=O)O[C@@H](C)[C@@H](C)OC(=O)CCCCCCC/C=C/CCCCCC. The number of rotatable bonds is 31. The smallest absolute Gasteiger partial charge is 0.306 e. The van der Waals surface area contributed by atoms with Gasteiger partial charge in [-0.05, 0) is 78.1 Å². The number of hydrogen-bond donors (Lipinski definition) is 0. The Morgan fingerprint density at radius 1 is 0.429 bits per heavy atom. The fraction of sp³-hybridized carbons (Fsp3) is 0.842. The van der Waals surface area contributed by atoms with E-state index in [2.05, 4.69) is 38.2 Å². The summed E-state index contributed by atoms with van der Waals surface area (Å²) in [5.74, 6) is -0.368. The molecule has 0 amide bonds. The Labute approximate surface area is 261 Å². The van der Waals surface area contributed by atoms with Crippen molar-refractivity contribution in [3.8, 4) is 0 Å². The standard InChI is InChI=1S/C38H70O4/c1-5-7-9-11-13-15-17-19-20-22-24-26-28-30-32-34-38(40)42-36(4)35(3)41-37(39)33-31-29-27-25-23-21-18-16-14-12-10-8-6-2/h15-18,35-36H,5-14,19-34H2,1-4H3/b17-15+,18-16+/t35-,36+/m1/s1. The fourth-order valence-corrected chi connectivity index (χ4v) is 5.05. The Kier molecular flexibility index (Phi) is 31.1. The Hall–Kier alpha value is -1.58. The molecular weight excluding hydrogens is 520 g/mol. The number of allylic oxidation sites excluding steroid dienone is 4. The second kappa shape index (κ2) is 32.3. The molecule has 2 atom stereocenters. The Morgan fingerprint density at radius 3 is 1.00 bits per heavy atom. The molecule has 0 aromatic heterocycles. The van der Waals surface area contributed by atoms with E-state index < -0.39 is 12.2 Å². The van der Waals surface area contributed by atoms with Crippen molar-refractivity contribution in [2.75, 3.05) is 0 Å². The molecule has 0 saturated carbocycles. The van der Waals surface area contributed by atoms with E-state index in [4.69, 9.17) is 9.47 Å². The molecule has 0 aromatic rings. The van der Waals surface area contributed by atoms with Gasteiger partial charge in [0.05, 0.1) is 0 Å². The van der Waals surface area contributed by atoms with Crippen molar-refractivity contribution in [2.45, 2.75) is 207 Å². The van der Waals surface area contributed by atoms with Gasteiger partial charge in [0.1, 0.15) is 12.2 Å². The Bertz CT molecular complexity index is 653. The summed E-state index contributed by atoms with van der Waals surface area (Å²) in [6.45, 7) is 8.14. The first-order valence-electron chi connectivity index (χ1n) is 18.2. The number of esters is 2. The summed E-state index contributed by atoms with van der Waals surface area (Å²) in [5, 5.41) is 0. The highest BCUT2D eigenvalue weighted by atomic mass is 16.6. The molecular formula is C38H70O4. The molecule has 0 aliphatic heterocycles. The zero-order valence-electron chi connectivity index (χ0n) is 28.5. The van der Waals surface area contributed by atoms with Crippen LogP contribution in [0.4, 0.5) is 0 Å². The van der Waals surface area contributed by atoms with Crippen LogP contribution >= 0.6 is 0 Å². The van der Waals surface area contributed by atoms with Gasteiger partial charge in [-0.15, -0.1) is 0 Å². The van der Waals surface area contributed by atoms with Crippen LogP contribution in [0.5, 0.6) is 0 Å². The third-order valence-electron chi connectivity index (χ3n) is 8.08. The van der Waals surface area contributed by atoms with Gasteiger partial charge in [-0.2, -0.15) is 0 Å². The topological polar surface area (TPSA) is 52.6 Å². The first-order chi connectivity index (χ1) is 20.5. The maximum absolute atomic E-state index is 12.2. The van der Waals surface area contributed by atoms with Gasteiger partial charge >= 0.3 is 11.9 Å². The maximum Gasteiger partial charge on any atom is 0.306 e. The van der Waals surface area contributed by atoms with Gasteiger partial charge in [-0.25, -0.2) is 0 Å². The lowest BCUT2D eigenvalue weighted by molar-refractivity contribution is -0.165. The van der Waals surface area contributed by atoms with Crippen LogP contribution in [0, 0.1) is 0 Å². The predicted octanol–water partition coefficient (Wildman–Crippen LogP) is 12.1. The number of carbonyl (C=O) groups excluding carboxylic acids is 2. The molecule has 0 spiro atoms. The van der Waals surface area contributed by atoms with Gasteiger partial charge in [-0.1, -0.05) is 128 Å². The summed E-state index contributed by atoms with van der Waals surface area (Å²) < 4.78 is 11.0. The molecule has 0 bridgehead atoms. The minimum Gasteiger partial charge on any atom is -0.459 e. The molecule has 0 heterocycles. The first kappa shape index (κ1) is 40.4. The normalized spacial score (nSPS) is 13.1. The summed E-state index contributed by atoms with van der Waals surface area (Å²) in [6.07, 6.45) is 38.8. The van der Waals surface area contributed by atoms with Crippen LogP contribution in [-0.4, -0.2) is 24.1 Å². The van der Waals surface area contributed by atoms with E-state index in [1.807, 2.05) is 13.8 Å². The molecule has 0 unspecified atom stereocenters. The van der Waals surface area contributed by atoms with Gasteiger partial charge in [0.2, 0.25) is 0 Å². The molecule has 0 radical (unpaired) electrons. The van der Waals surface area contributed by atoms with Gasteiger partial charge in [0, 0.05) is 12.8 Å². The number of hydrogen-bond acceptors (Lipinski definition) is 4. The van der Waals surface area contributed by atoms with E-state index in [-0.39, 0.29) is 11.9 Å². The van der Waals surface area contributed by atoms with Crippen LogP contribution in [0.15, 0.2) is 24.3 Å². The van der Waals surface area contributed by atoms with Crippen molar-refractivity contribution in [1.29, 1.82) is 0 Å². The molecule has 0 aliphatic carbocycles. The number of ether oxygens (including phenoxy) is 2. The van der Waals surface area contributed by atoms with E-state index in [0.717, 1.165) is 32.1 Å². The van der Waals surface area contributed by atoms with E-state index >= 15 is 0 Å². The van der Waals surface area contributed by atoms with Crippen LogP contribution in [0.3, 0.4) is 0 Å². The van der Waals surface area contributed by atoms with Gasteiger partial charge < -0.3 is 9.47 Å². The van der Waals surface area contributed by atoms with E-state index in [1.165, 1.54) is 122 Å². The average Bonchev–Trinajstić information content (AvgIpc) is 2.97. The molecule has 4 nitrogen and oxygen atoms in total. The van der Waals surface area contributed by atoms with Crippen molar-refractivity contribution in [1.82, 2.24) is 0 Å². The predicted molar refractivity (Wildman–Crippen MR) is 181 cm³/mol. The van der Waals surface area contributed by atoms with Gasteiger partial charge in [0.25, 0.3) is 0 Å². The second-order valence-electron chi connectivity index (χ2n) is 12.4.